The van der Waals surface area contributed by atoms with Crippen LogP contribution in [0.1, 0.15) is 32.8 Å². The molecule has 2 aromatic carbocycles. The topological polar surface area (TPSA) is 118 Å². The van der Waals surface area contributed by atoms with Crippen molar-refractivity contribution in [2.75, 3.05) is 5.32 Å². The highest BCUT2D eigenvalue weighted by molar-refractivity contribution is 5.92. The second-order valence-corrected chi connectivity index (χ2v) is 7.83. The molecule has 0 unspecified atom stereocenters. The molecule has 0 bridgehead atoms. The maximum atomic E-state index is 11.4. The zero-order valence-corrected chi connectivity index (χ0v) is 16.4. The molecular formula is C22H21N3O4-2. The third kappa shape index (κ3) is 4.68. The van der Waals surface area contributed by atoms with E-state index >= 15 is 0 Å². The van der Waals surface area contributed by atoms with Gasteiger partial charge in [0.2, 0.25) is 0 Å². The molecule has 0 aliphatic rings. The molecule has 3 aromatic rings. The molecule has 0 fully saturated rings. The number of nitrogens with one attached hydrogen (secondary N) is 1. The molecule has 150 valence electrons. The maximum Gasteiger partial charge on any atom is 0.162 e. The smallest absolute Gasteiger partial charge is 0.162 e. The summed E-state index contributed by atoms with van der Waals surface area (Å²) in [4.78, 5) is 31.3. The number of carbonyl (C=O) groups excluding carboxylic acids is 2. The van der Waals surface area contributed by atoms with Crippen LogP contribution in [-0.2, 0) is 15.0 Å². The predicted octanol–water partition coefficient (Wildman–Crippen LogP) is 1.26. The summed E-state index contributed by atoms with van der Waals surface area (Å²) in [6, 6.07) is 13.4. The quantitative estimate of drug-likeness (QED) is 0.672. The Hall–Kier alpha value is -3.48. The fourth-order valence-electron chi connectivity index (χ4n) is 2.96. The minimum absolute atomic E-state index is 0.00205. The number of hydrogen-bond acceptors (Lipinski definition) is 7. The highest BCUT2D eigenvalue weighted by Gasteiger charge is 2.17. The van der Waals surface area contributed by atoms with Gasteiger partial charge in [0.25, 0.3) is 0 Å². The number of nitrogens with zero attached hydrogens (tertiary/aromatic N) is 2. The zero-order chi connectivity index (χ0) is 21.2. The number of hydrogen-bond donors (Lipinski definition) is 1. The van der Waals surface area contributed by atoms with Gasteiger partial charge in [-0.25, -0.2) is 9.97 Å². The predicted molar refractivity (Wildman–Crippen MR) is 106 cm³/mol. The number of rotatable bonds is 6. The van der Waals surface area contributed by atoms with E-state index in [1.807, 2.05) is 30.3 Å². The van der Waals surface area contributed by atoms with Crippen molar-refractivity contribution in [2.45, 2.75) is 38.6 Å². The van der Waals surface area contributed by atoms with Crippen LogP contribution in [0.3, 0.4) is 0 Å². The highest BCUT2D eigenvalue weighted by Crippen LogP contribution is 2.28. The second-order valence-electron chi connectivity index (χ2n) is 7.83. The molecule has 7 nitrogen and oxygen atoms in total. The van der Waals surface area contributed by atoms with E-state index in [2.05, 4.69) is 36.1 Å². The van der Waals surface area contributed by atoms with Gasteiger partial charge in [-0.3, -0.25) is 0 Å². The van der Waals surface area contributed by atoms with Crippen LogP contribution >= 0.6 is 0 Å². The van der Waals surface area contributed by atoms with E-state index < -0.39 is 24.4 Å². The average molecular weight is 391 g/mol. The van der Waals surface area contributed by atoms with Crippen LogP contribution in [0.4, 0.5) is 5.82 Å². The summed E-state index contributed by atoms with van der Waals surface area (Å²) < 4.78 is 0. The van der Waals surface area contributed by atoms with Crippen LogP contribution in [-0.4, -0.2) is 27.9 Å². The van der Waals surface area contributed by atoms with Crippen molar-refractivity contribution < 1.29 is 19.8 Å². The van der Waals surface area contributed by atoms with Gasteiger partial charge in [0, 0.05) is 23.3 Å². The lowest BCUT2D eigenvalue weighted by molar-refractivity contribution is -0.316. The zero-order valence-electron chi connectivity index (χ0n) is 16.4. The Labute approximate surface area is 168 Å². The van der Waals surface area contributed by atoms with E-state index in [0.717, 1.165) is 11.1 Å². The molecule has 3 rings (SSSR count). The first-order valence-electron chi connectivity index (χ1n) is 9.20. The molecule has 1 aromatic heterocycles. The van der Waals surface area contributed by atoms with Gasteiger partial charge in [-0.1, -0.05) is 57.2 Å². The van der Waals surface area contributed by atoms with Crippen LogP contribution in [0, 0.1) is 0 Å². The largest absolute Gasteiger partial charge is 0.550 e. The van der Waals surface area contributed by atoms with E-state index in [1.54, 1.807) is 18.2 Å². The minimum atomic E-state index is -1.55. The molecule has 29 heavy (non-hydrogen) atoms. The van der Waals surface area contributed by atoms with E-state index in [9.17, 15) is 19.8 Å². The molecular weight excluding hydrogens is 370 g/mol. The number of carboxylic acid groups (broad SMARTS) is 2. The van der Waals surface area contributed by atoms with Crippen LogP contribution in [0.5, 0.6) is 0 Å². The average Bonchev–Trinajstić information content (AvgIpc) is 2.66. The van der Waals surface area contributed by atoms with Crippen molar-refractivity contribution in [3.05, 3.63) is 54.1 Å². The number of aromatic nitrogens is 2. The molecule has 0 spiro atoms. The summed E-state index contributed by atoms with van der Waals surface area (Å²) in [7, 11) is 0. The summed E-state index contributed by atoms with van der Waals surface area (Å²) >= 11 is 0. The van der Waals surface area contributed by atoms with Gasteiger partial charge in [0.05, 0.1) is 17.5 Å². The molecule has 0 saturated carbocycles. The minimum Gasteiger partial charge on any atom is -0.550 e. The van der Waals surface area contributed by atoms with Crippen LogP contribution in [0.25, 0.3) is 22.3 Å². The van der Waals surface area contributed by atoms with Crippen molar-refractivity contribution in [2.24, 2.45) is 0 Å². The number of para-hydroxylation sites is 1. The number of carbonyl (C=O) groups is 2. The van der Waals surface area contributed by atoms with E-state index in [4.69, 9.17) is 0 Å². The Morgan fingerprint density at radius 2 is 1.66 bits per heavy atom. The van der Waals surface area contributed by atoms with Crippen LogP contribution < -0.4 is 15.5 Å². The molecule has 1 heterocycles. The van der Waals surface area contributed by atoms with Crippen molar-refractivity contribution in [3.8, 4) is 11.4 Å². The van der Waals surface area contributed by atoms with E-state index in [-0.39, 0.29) is 11.2 Å². The van der Waals surface area contributed by atoms with Gasteiger partial charge in [0.15, 0.2) is 5.82 Å². The molecule has 0 radical (unpaired) electrons. The Balaban J connectivity index is 2.06. The highest BCUT2D eigenvalue weighted by atomic mass is 16.4. The lowest BCUT2D eigenvalue weighted by Crippen LogP contribution is -2.44. The van der Waals surface area contributed by atoms with Gasteiger partial charge < -0.3 is 25.1 Å². The number of aliphatic carboxylic acids is 2. The molecule has 1 N–H and O–H groups in total. The third-order valence-electron chi connectivity index (χ3n) is 4.58. The number of carboxylic acids is 2. The van der Waals surface area contributed by atoms with Crippen molar-refractivity contribution in [3.63, 3.8) is 0 Å². The Morgan fingerprint density at radius 1 is 1.00 bits per heavy atom. The van der Waals surface area contributed by atoms with Gasteiger partial charge in [-0.05, 0) is 23.1 Å². The Bertz CT molecular complexity index is 1060. The van der Waals surface area contributed by atoms with Crippen LogP contribution in [0.2, 0.25) is 0 Å². The summed E-state index contributed by atoms with van der Waals surface area (Å²) in [5.74, 6) is -2.42. The first kappa shape index (κ1) is 20.3. The Kier molecular flexibility index (Phi) is 5.50. The van der Waals surface area contributed by atoms with E-state index in [1.165, 1.54) is 0 Å². The van der Waals surface area contributed by atoms with E-state index in [0.29, 0.717) is 16.7 Å². The van der Waals surface area contributed by atoms with Gasteiger partial charge in [-0.15, -0.1) is 0 Å². The molecule has 7 heteroatoms. The summed E-state index contributed by atoms with van der Waals surface area (Å²) in [5, 5.41) is 25.5. The first-order valence-corrected chi connectivity index (χ1v) is 9.20. The summed E-state index contributed by atoms with van der Waals surface area (Å²) in [5.41, 5.74) is 2.52. The monoisotopic (exact) mass is 391 g/mol. The fraction of sp³-hybridized carbons (Fsp3) is 0.273. The maximum absolute atomic E-state index is 11.4. The van der Waals surface area contributed by atoms with Crippen molar-refractivity contribution >= 4 is 28.7 Å². The molecule has 0 aliphatic carbocycles. The lowest BCUT2D eigenvalue weighted by Gasteiger charge is -2.22. The third-order valence-corrected chi connectivity index (χ3v) is 4.58. The molecule has 1 atom stereocenters. The van der Waals surface area contributed by atoms with Crippen molar-refractivity contribution in [1.82, 2.24) is 9.97 Å². The van der Waals surface area contributed by atoms with Crippen LogP contribution in [0.15, 0.2) is 48.5 Å². The summed E-state index contributed by atoms with van der Waals surface area (Å²) in [6.07, 6.45) is -0.740. The van der Waals surface area contributed by atoms with Gasteiger partial charge >= 0.3 is 0 Å². The van der Waals surface area contributed by atoms with Gasteiger partial charge in [0.1, 0.15) is 5.82 Å². The van der Waals surface area contributed by atoms with Gasteiger partial charge in [-0.2, -0.15) is 0 Å². The SMILES string of the molecule is CC(C)(C)c1ccc(-c2nc(N[C@@H](CC(=O)[O-])C(=O)[O-])c3ccccc3n2)cc1. The molecule has 0 saturated heterocycles. The molecule has 0 amide bonds. The number of anilines is 1. The lowest BCUT2D eigenvalue weighted by atomic mass is 9.87. The first-order chi connectivity index (χ1) is 13.6. The number of fused-ring (bicyclic) bond motifs is 1. The number of benzene rings is 2. The standard InChI is InChI=1S/C22H23N3O4/c1-22(2,3)14-10-8-13(9-11-14)19-23-16-7-5-4-6-15(16)20(25-19)24-17(21(28)29)12-18(26)27/h4-11,17H,12H2,1-3H3,(H,26,27)(H,28,29)(H,23,24,25)/p-2/t17-/m0/s1. The Morgan fingerprint density at radius 3 is 2.24 bits per heavy atom. The normalized spacial score (nSPS) is 12.5. The summed E-state index contributed by atoms with van der Waals surface area (Å²) in [6.45, 7) is 6.36. The second kappa shape index (κ2) is 7.87. The fourth-order valence-corrected chi connectivity index (χ4v) is 2.96. The van der Waals surface area contributed by atoms with Crippen molar-refractivity contribution in [1.29, 1.82) is 0 Å². The molecule has 0 aliphatic heterocycles.